The van der Waals surface area contributed by atoms with E-state index in [2.05, 4.69) is 44.2 Å². The monoisotopic (exact) mass is 366 g/mol. The van der Waals surface area contributed by atoms with E-state index in [1.165, 1.54) is 37.7 Å². The Kier molecular flexibility index (Phi) is 5.08. The fourth-order valence-corrected chi connectivity index (χ4v) is 6.40. The molecular formula is C26H35F. The molecule has 146 valence electrons. The third-order valence-electron chi connectivity index (χ3n) is 8.08. The highest BCUT2D eigenvalue weighted by molar-refractivity contribution is 5.40. The number of hydrogen-bond acceptors (Lipinski definition) is 0. The molecular weight excluding hydrogens is 331 g/mol. The average molecular weight is 367 g/mol. The number of halogens is 1. The van der Waals surface area contributed by atoms with Gasteiger partial charge in [0.2, 0.25) is 0 Å². The fourth-order valence-electron chi connectivity index (χ4n) is 6.40. The summed E-state index contributed by atoms with van der Waals surface area (Å²) in [5, 5.41) is 0. The van der Waals surface area contributed by atoms with Crippen LogP contribution in [0.1, 0.15) is 88.7 Å². The van der Waals surface area contributed by atoms with E-state index in [0.717, 1.165) is 37.7 Å². The van der Waals surface area contributed by atoms with Crippen molar-refractivity contribution in [2.75, 3.05) is 0 Å². The minimum atomic E-state index is -1.24. The summed E-state index contributed by atoms with van der Waals surface area (Å²) in [4.78, 5) is 0. The van der Waals surface area contributed by atoms with Gasteiger partial charge in [0.05, 0.1) is 0 Å². The van der Waals surface area contributed by atoms with Gasteiger partial charge in [0.1, 0.15) is 5.67 Å². The molecule has 0 aromatic heterocycles. The van der Waals surface area contributed by atoms with Crippen molar-refractivity contribution in [2.45, 2.75) is 89.6 Å². The van der Waals surface area contributed by atoms with E-state index in [9.17, 15) is 0 Å². The van der Waals surface area contributed by atoms with Crippen molar-refractivity contribution in [3.05, 3.63) is 59.7 Å². The first kappa shape index (κ1) is 19.0. The molecule has 0 aliphatic heterocycles. The van der Waals surface area contributed by atoms with Gasteiger partial charge in [-0.1, -0.05) is 69.2 Å². The Balaban J connectivity index is 1.62. The molecule has 4 aliphatic carbocycles. The van der Waals surface area contributed by atoms with Gasteiger partial charge in [-0.15, -0.1) is 0 Å². The van der Waals surface area contributed by atoms with Crippen LogP contribution in [-0.2, 0) is 6.42 Å². The van der Waals surface area contributed by atoms with Gasteiger partial charge in [-0.25, -0.2) is 4.39 Å². The number of hydrogen-bond donors (Lipinski definition) is 0. The average Bonchev–Trinajstić information content (AvgIpc) is 2.71. The summed E-state index contributed by atoms with van der Waals surface area (Å²) in [5.41, 5.74) is 1.61. The largest absolute Gasteiger partial charge is 0.238 e. The van der Waals surface area contributed by atoms with Crippen LogP contribution in [0.4, 0.5) is 4.39 Å². The van der Waals surface area contributed by atoms with Crippen molar-refractivity contribution in [3.63, 3.8) is 0 Å². The molecule has 0 nitrogen and oxygen atoms in total. The maximum atomic E-state index is 16.9. The second kappa shape index (κ2) is 7.22. The van der Waals surface area contributed by atoms with Gasteiger partial charge in [0.25, 0.3) is 0 Å². The number of alkyl halides is 1. The lowest BCUT2D eigenvalue weighted by molar-refractivity contribution is -0.100. The van der Waals surface area contributed by atoms with Gasteiger partial charge in [-0.2, -0.15) is 0 Å². The Morgan fingerprint density at radius 1 is 0.889 bits per heavy atom. The molecule has 0 heterocycles. The van der Waals surface area contributed by atoms with Gasteiger partial charge >= 0.3 is 0 Å². The Morgan fingerprint density at radius 2 is 1.56 bits per heavy atom. The lowest BCUT2D eigenvalue weighted by Crippen LogP contribution is -2.55. The van der Waals surface area contributed by atoms with Crippen molar-refractivity contribution >= 4 is 0 Å². The molecule has 0 spiro atoms. The number of benzene rings is 1. The van der Waals surface area contributed by atoms with Crippen LogP contribution in [-0.4, -0.2) is 5.67 Å². The predicted molar refractivity (Wildman–Crippen MR) is 113 cm³/mol. The van der Waals surface area contributed by atoms with Gasteiger partial charge in [-0.05, 0) is 74.0 Å². The molecule has 2 unspecified atom stereocenters. The highest BCUT2D eigenvalue weighted by Crippen LogP contribution is 2.66. The summed E-state index contributed by atoms with van der Waals surface area (Å²) < 4.78 is 16.9. The Bertz CT molecular complexity index is 686. The number of allylic oxidation sites excluding steroid dienone is 4. The van der Waals surface area contributed by atoms with Crippen molar-refractivity contribution in [1.29, 1.82) is 0 Å². The maximum absolute atomic E-state index is 16.9. The van der Waals surface area contributed by atoms with E-state index in [4.69, 9.17) is 0 Å². The van der Waals surface area contributed by atoms with E-state index in [1.54, 1.807) is 0 Å². The number of rotatable bonds is 6. The smallest absolute Gasteiger partial charge is 0.145 e. The molecule has 0 saturated heterocycles. The molecule has 4 aliphatic rings. The van der Waals surface area contributed by atoms with Gasteiger partial charge in [0, 0.05) is 11.3 Å². The topological polar surface area (TPSA) is 0 Å². The summed E-state index contributed by atoms with van der Waals surface area (Å²) in [7, 11) is 0. The Labute approximate surface area is 164 Å². The second-order valence-electron chi connectivity index (χ2n) is 9.51. The Hall–Kier alpha value is -1.37. The van der Waals surface area contributed by atoms with Crippen LogP contribution in [0, 0.1) is 10.8 Å². The van der Waals surface area contributed by atoms with E-state index in [1.807, 2.05) is 18.2 Å². The van der Waals surface area contributed by atoms with Crippen LogP contribution in [0.25, 0.3) is 0 Å². The van der Waals surface area contributed by atoms with E-state index in [0.29, 0.717) is 5.41 Å². The number of fused-ring (bicyclic) bond motifs is 3. The van der Waals surface area contributed by atoms with Crippen molar-refractivity contribution in [1.82, 2.24) is 0 Å². The zero-order chi connectivity index (χ0) is 19.0. The van der Waals surface area contributed by atoms with Crippen molar-refractivity contribution in [3.8, 4) is 0 Å². The minimum absolute atomic E-state index is 0.144. The van der Waals surface area contributed by atoms with Crippen molar-refractivity contribution < 1.29 is 4.39 Å². The molecule has 0 radical (unpaired) electrons. The summed E-state index contributed by atoms with van der Waals surface area (Å²) >= 11 is 0. The van der Waals surface area contributed by atoms with Crippen LogP contribution < -0.4 is 0 Å². The van der Waals surface area contributed by atoms with Crippen molar-refractivity contribution in [2.24, 2.45) is 10.8 Å². The summed E-state index contributed by atoms with van der Waals surface area (Å²) in [6.07, 6.45) is 19.8. The summed E-state index contributed by atoms with van der Waals surface area (Å²) in [6.45, 7) is 4.51. The van der Waals surface area contributed by atoms with Gasteiger partial charge in [0.15, 0.2) is 0 Å². The van der Waals surface area contributed by atoms with Gasteiger partial charge in [-0.3, -0.25) is 0 Å². The summed E-state index contributed by atoms with van der Waals surface area (Å²) in [5.74, 6) is -0.144. The fraction of sp³-hybridized carbons (Fsp3) is 0.615. The molecule has 1 aromatic carbocycles. The summed E-state index contributed by atoms with van der Waals surface area (Å²) in [6, 6.07) is 8.77. The SMILES string of the molecule is CCCc1ccc(C2C=CC=CC2(F)C23CCC(CCC)(CC2)CC3)cc1. The van der Waals surface area contributed by atoms with Crippen LogP contribution in [0.3, 0.4) is 0 Å². The molecule has 0 amide bonds. The molecule has 3 saturated carbocycles. The minimum Gasteiger partial charge on any atom is -0.238 e. The normalized spacial score (nSPS) is 37.7. The first-order valence-corrected chi connectivity index (χ1v) is 11.2. The molecule has 1 heteroatoms. The lowest BCUT2D eigenvalue weighted by Gasteiger charge is -2.59. The number of aryl methyl sites for hydroxylation is 1. The molecule has 0 N–H and O–H groups in total. The molecule has 3 fully saturated rings. The highest BCUT2D eigenvalue weighted by Gasteiger charge is 2.60. The van der Waals surface area contributed by atoms with Crippen LogP contribution >= 0.6 is 0 Å². The maximum Gasteiger partial charge on any atom is 0.145 e. The molecule has 2 atom stereocenters. The quantitative estimate of drug-likeness (QED) is 0.484. The van der Waals surface area contributed by atoms with Crippen LogP contribution in [0.2, 0.25) is 0 Å². The second-order valence-corrected chi connectivity index (χ2v) is 9.51. The van der Waals surface area contributed by atoms with Gasteiger partial charge < -0.3 is 0 Å². The third kappa shape index (κ3) is 3.12. The lowest BCUT2D eigenvalue weighted by atomic mass is 9.46. The predicted octanol–water partition coefficient (Wildman–Crippen LogP) is 7.70. The van der Waals surface area contributed by atoms with Crippen LogP contribution in [0.5, 0.6) is 0 Å². The molecule has 1 aromatic rings. The van der Waals surface area contributed by atoms with E-state index < -0.39 is 5.67 Å². The first-order chi connectivity index (χ1) is 13.1. The zero-order valence-electron chi connectivity index (χ0n) is 17.1. The van der Waals surface area contributed by atoms with E-state index in [-0.39, 0.29) is 11.3 Å². The first-order valence-electron chi connectivity index (χ1n) is 11.2. The molecule has 5 rings (SSSR count). The highest BCUT2D eigenvalue weighted by atomic mass is 19.1. The van der Waals surface area contributed by atoms with Crippen LogP contribution in [0.15, 0.2) is 48.6 Å². The van der Waals surface area contributed by atoms with E-state index >= 15 is 4.39 Å². The Morgan fingerprint density at radius 3 is 2.15 bits per heavy atom. The zero-order valence-corrected chi connectivity index (χ0v) is 17.1. The molecule has 27 heavy (non-hydrogen) atoms. The third-order valence-corrected chi connectivity index (χ3v) is 8.08. The standard InChI is InChI=1S/C26H35F/c1-3-7-21-9-11-22(12-10-21)23-8-5-6-14-26(23,27)25-18-15-24(13-4-2,16-19-25)17-20-25/h5-6,8-12,14,23H,3-4,7,13,15-20H2,1-2H3. The molecule has 2 bridgehead atoms.